The quantitative estimate of drug-likeness (QED) is 0.733. The van der Waals surface area contributed by atoms with E-state index >= 15 is 0 Å². The van der Waals surface area contributed by atoms with Crippen molar-refractivity contribution in [3.05, 3.63) is 18.5 Å². The number of halogens is 2. The molecule has 2 aromatic rings. The third-order valence-corrected chi connectivity index (χ3v) is 3.73. The second kappa shape index (κ2) is 7.18. The van der Waals surface area contributed by atoms with E-state index in [1.54, 1.807) is 6.20 Å². The minimum atomic E-state index is -2.93. The molecule has 25 heavy (non-hydrogen) atoms. The second-order valence-corrected chi connectivity index (χ2v) is 6.41. The average Bonchev–Trinajstić information content (AvgIpc) is 2.92. The Labute approximate surface area is 143 Å². The number of H-pyrrole nitrogens is 1. The van der Waals surface area contributed by atoms with Crippen LogP contribution in [0.2, 0.25) is 0 Å². The first-order chi connectivity index (χ1) is 11.9. The molecule has 3 heterocycles. The molecule has 136 valence electrons. The Morgan fingerprint density at radius 1 is 1.32 bits per heavy atom. The third-order valence-electron chi connectivity index (χ3n) is 3.73. The molecule has 1 aliphatic rings. The lowest BCUT2D eigenvalue weighted by molar-refractivity contribution is -0.0528. The maximum Gasteiger partial charge on any atom is 0.388 e. The van der Waals surface area contributed by atoms with Gasteiger partial charge in [-0.05, 0) is 26.8 Å². The number of hydrogen-bond donors (Lipinski definition) is 3. The molecule has 0 bridgehead atoms. The lowest BCUT2D eigenvalue weighted by Gasteiger charge is -2.36. The fourth-order valence-electron chi connectivity index (χ4n) is 2.71. The van der Waals surface area contributed by atoms with E-state index in [0.717, 1.165) is 19.4 Å². The normalized spacial score (nSPS) is 19.6. The first-order valence-corrected chi connectivity index (χ1v) is 7.91. The van der Waals surface area contributed by atoms with Gasteiger partial charge in [0.2, 0.25) is 11.8 Å². The Bertz CT molecular complexity index is 709. The van der Waals surface area contributed by atoms with Crippen LogP contribution in [0.4, 0.5) is 20.4 Å². The van der Waals surface area contributed by atoms with Crippen LogP contribution in [0.25, 0.3) is 0 Å². The molecule has 0 saturated carbocycles. The summed E-state index contributed by atoms with van der Waals surface area (Å²) >= 11 is 0. The van der Waals surface area contributed by atoms with Gasteiger partial charge in [-0.1, -0.05) is 0 Å². The molecule has 8 nitrogen and oxygen atoms in total. The zero-order valence-electron chi connectivity index (χ0n) is 13.9. The molecule has 0 radical (unpaired) electrons. The van der Waals surface area contributed by atoms with Gasteiger partial charge < -0.3 is 20.1 Å². The van der Waals surface area contributed by atoms with Gasteiger partial charge >= 0.3 is 6.61 Å². The minimum absolute atomic E-state index is 0.0171. The van der Waals surface area contributed by atoms with Crippen molar-refractivity contribution >= 4 is 11.6 Å². The number of hydrogen-bond acceptors (Lipinski definition) is 7. The van der Waals surface area contributed by atoms with Crippen molar-refractivity contribution in [1.82, 2.24) is 25.5 Å². The van der Waals surface area contributed by atoms with Crippen molar-refractivity contribution in [2.75, 3.05) is 11.9 Å². The minimum Gasteiger partial charge on any atom is -0.473 e. The molecule has 1 saturated heterocycles. The predicted octanol–water partition coefficient (Wildman–Crippen LogP) is 2.45. The Morgan fingerprint density at radius 2 is 2.16 bits per heavy atom. The number of ether oxygens (including phenoxy) is 2. The summed E-state index contributed by atoms with van der Waals surface area (Å²) in [5, 5.41) is 12.5. The number of nitrogens with one attached hydrogen (secondary N) is 3. The number of nitrogens with zero attached hydrogens (tertiary/aromatic N) is 3. The molecule has 10 heteroatoms. The molecule has 0 aromatic carbocycles. The van der Waals surface area contributed by atoms with E-state index in [9.17, 15) is 8.78 Å². The van der Waals surface area contributed by atoms with Crippen molar-refractivity contribution in [3.8, 4) is 11.8 Å². The molecule has 1 aliphatic heterocycles. The van der Waals surface area contributed by atoms with Crippen molar-refractivity contribution in [2.45, 2.75) is 44.9 Å². The average molecular weight is 354 g/mol. The second-order valence-electron chi connectivity index (χ2n) is 6.41. The highest BCUT2D eigenvalue weighted by Crippen LogP contribution is 2.24. The third kappa shape index (κ3) is 4.99. The number of alkyl halides is 2. The number of aromatic nitrogens is 4. The van der Waals surface area contributed by atoms with Crippen LogP contribution in [0.15, 0.2) is 18.5 Å². The highest BCUT2D eigenvalue weighted by Gasteiger charge is 2.28. The van der Waals surface area contributed by atoms with Gasteiger partial charge in [0, 0.05) is 18.0 Å². The van der Waals surface area contributed by atoms with Crippen molar-refractivity contribution in [2.24, 2.45) is 0 Å². The Kier molecular flexibility index (Phi) is 4.98. The highest BCUT2D eigenvalue weighted by molar-refractivity contribution is 5.51. The predicted molar refractivity (Wildman–Crippen MR) is 86.3 cm³/mol. The van der Waals surface area contributed by atoms with E-state index in [4.69, 9.17) is 4.74 Å². The van der Waals surface area contributed by atoms with Crippen LogP contribution >= 0.6 is 0 Å². The van der Waals surface area contributed by atoms with Crippen molar-refractivity contribution in [3.63, 3.8) is 0 Å². The lowest BCUT2D eigenvalue weighted by Crippen LogP contribution is -2.49. The van der Waals surface area contributed by atoms with Gasteiger partial charge in [-0.2, -0.15) is 13.8 Å². The molecule has 0 spiro atoms. The van der Waals surface area contributed by atoms with E-state index in [1.165, 1.54) is 12.3 Å². The zero-order chi connectivity index (χ0) is 17.9. The number of piperidine rings is 1. The molecule has 0 amide bonds. The zero-order valence-corrected chi connectivity index (χ0v) is 13.9. The molecule has 1 unspecified atom stereocenters. The van der Waals surface area contributed by atoms with E-state index in [0.29, 0.717) is 17.5 Å². The van der Waals surface area contributed by atoms with Gasteiger partial charge in [0.05, 0.1) is 12.4 Å². The van der Waals surface area contributed by atoms with Crippen LogP contribution in [0.3, 0.4) is 0 Å². The van der Waals surface area contributed by atoms with Crippen LogP contribution in [0.1, 0.15) is 26.7 Å². The van der Waals surface area contributed by atoms with E-state index in [1.807, 2.05) is 0 Å². The van der Waals surface area contributed by atoms with E-state index in [2.05, 4.69) is 49.4 Å². The fraction of sp³-hybridized carbons (Fsp3) is 0.533. The summed E-state index contributed by atoms with van der Waals surface area (Å²) in [6.07, 6.45) is 4.84. The molecule has 2 aromatic heterocycles. The summed E-state index contributed by atoms with van der Waals surface area (Å²) in [5.41, 5.74) is 0.0171. The van der Waals surface area contributed by atoms with Gasteiger partial charge in [0.1, 0.15) is 11.9 Å². The molecular weight excluding hydrogens is 334 g/mol. The summed E-state index contributed by atoms with van der Waals surface area (Å²) in [6.45, 7) is 2.21. The monoisotopic (exact) mass is 354 g/mol. The van der Waals surface area contributed by atoms with E-state index in [-0.39, 0.29) is 17.5 Å². The van der Waals surface area contributed by atoms with Crippen molar-refractivity contribution in [1.29, 1.82) is 0 Å². The van der Waals surface area contributed by atoms with Crippen LogP contribution in [0.5, 0.6) is 11.8 Å². The van der Waals surface area contributed by atoms with Gasteiger partial charge in [0.15, 0.2) is 5.82 Å². The van der Waals surface area contributed by atoms with Gasteiger partial charge in [0.25, 0.3) is 0 Å². The van der Waals surface area contributed by atoms with Crippen LogP contribution in [-0.2, 0) is 0 Å². The number of anilines is 2. The van der Waals surface area contributed by atoms with Gasteiger partial charge in [-0.3, -0.25) is 10.1 Å². The molecule has 1 fully saturated rings. The van der Waals surface area contributed by atoms with Crippen LogP contribution < -0.4 is 20.1 Å². The first kappa shape index (κ1) is 17.3. The molecule has 3 rings (SSSR count). The fourth-order valence-corrected chi connectivity index (χ4v) is 2.71. The Hall–Kier alpha value is -2.49. The van der Waals surface area contributed by atoms with E-state index < -0.39 is 6.61 Å². The first-order valence-electron chi connectivity index (χ1n) is 7.91. The summed E-state index contributed by atoms with van der Waals surface area (Å²) in [6, 6.07) is 1.30. The van der Waals surface area contributed by atoms with Gasteiger partial charge in [-0.25, -0.2) is 0 Å². The largest absolute Gasteiger partial charge is 0.473 e. The summed E-state index contributed by atoms with van der Waals surface area (Å²) in [4.78, 5) is 8.41. The number of rotatable bonds is 6. The molecule has 3 N–H and O–H groups in total. The maximum atomic E-state index is 12.1. The maximum absolute atomic E-state index is 12.1. The molecular formula is C15H20F2N6O2. The topological polar surface area (TPSA) is 97.0 Å². The highest BCUT2D eigenvalue weighted by atomic mass is 19.3. The summed E-state index contributed by atoms with van der Waals surface area (Å²) in [5.74, 6) is 0.939. The molecule has 0 aliphatic carbocycles. The SMILES string of the molecule is CC1(C)CC(Oc2cncc(Nc3cc(OC(F)F)n[nH]3)n2)CCN1. The van der Waals surface area contributed by atoms with Crippen LogP contribution in [0, 0.1) is 0 Å². The smallest absolute Gasteiger partial charge is 0.388 e. The standard InChI is InChI=1S/C15H20F2N6O2/c1-15(2)6-9(3-4-19-15)24-13-8-18-7-11(21-13)20-10-5-12(23-22-10)25-14(16)17/h5,7-9,14,19H,3-4,6H2,1-2H3,(H2,20,21,22,23). The summed E-state index contributed by atoms with van der Waals surface area (Å²) in [7, 11) is 0. The number of aromatic amines is 1. The van der Waals surface area contributed by atoms with Crippen LogP contribution in [-0.4, -0.2) is 45.0 Å². The van der Waals surface area contributed by atoms with Crippen molar-refractivity contribution < 1.29 is 18.3 Å². The van der Waals surface area contributed by atoms with Gasteiger partial charge in [-0.15, -0.1) is 5.10 Å². The summed E-state index contributed by atoms with van der Waals surface area (Å²) < 4.78 is 34.4. The Morgan fingerprint density at radius 3 is 2.92 bits per heavy atom. The molecule has 1 atom stereocenters. The lowest BCUT2D eigenvalue weighted by atomic mass is 9.91. The Balaban J connectivity index is 1.62.